The van der Waals surface area contributed by atoms with E-state index in [9.17, 15) is 9.90 Å². The highest BCUT2D eigenvalue weighted by molar-refractivity contribution is 5.79. The van der Waals surface area contributed by atoms with E-state index in [4.69, 9.17) is 9.47 Å². The number of hydrogen-bond donors (Lipinski definition) is 1. The van der Waals surface area contributed by atoms with E-state index in [0.717, 1.165) is 61.4 Å². The van der Waals surface area contributed by atoms with Crippen LogP contribution in [0.4, 0.5) is 5.69 Å². The predicted molar refractivity (Wildman–Crippen MR) is 154 cm³/mol. The zero-order valence-electron chi connectivity index (χ0n) is 23.6. The molecule has 2 aliphatic rings. The van der Waals surface area contributed by atoms with Gasteiger partial charge in [-0.25, -0.2) is 0 Å². The summed E-state index contributed by atoms with van der Waals surface area (Å²) in [5.74, 6) is 2.02. The van der Waals surface area contributed by atoms with Crippen molar-refractivity contribution in [2.75, 3.05) is 31.7 Å². The van der Waals surface area contributed by atoms with Crippen molar-refractivity contribution in [2.45, 2.75) is 64.3 Å². The van der Waals surface area contributed by atoms with Crippen molar-refractivity contribution in [1.29, 1.82) is 0 Å². The number of rotatable bonds is 10. The van der Waals surface area contributed by atoms with E-state index in [1.807, 2.05) is 35.1 Å². The van der Waals surface area contributed by atoms with Gasteiger partial charge < -0.3 is 19.5 Å². The number of anilines is 1. The zero-order valence-corrected chi connectivity index (χ0v) is 23.6. The van der Waals surface area contributed by atoms with Gasteiger partial charge in [0.2, 0.25) is 0 Å². The molecule has 5 rings (SSSR count). The number of hydrogen-bond acceptors (Lipinski definition) is 5. The number of ether oxygens (including phenoxy) is 2. The van der Waals surface area contributed by atoms with Gasteiger partial charge in [0, 0.05) is 42.2 Å². The van der Waals surface area contributed by atoms with E-state index in [2.05, 4.69) is 55.2 Å². The van der Waals surface area contributed by atoms with Gasteiger partial charge in [-0.15, -0.1) is 0 Å². The summed E-state index contributed by atoms with van der Waals surface area (Å²) in [7, 11) is 1.71. The summed E-state index contributed by atoms with van der Waals surface area (Å²) in [6.45, 7) is 9.04. The minimum absolute atomic E-state index is 0.0716. The third-order valence-electron chi connectivity index (χ3n) is 8.10. The molecule has 1 unspecified atom stereocenters. The van der Waals surface area contributed by atoms with Crippen molar-refractivity contribution in [3.05, 3.63) is 60.4 Å². The maximum atomic E-state index is 11.4. The Morgan fingerprint density at radius 1 is 1.08 bits per heavy atom. The van der Waals surface area contributed by atoms with Gasteiger partial charge in [0.15, 0.2) is 0 Å². The quantitative estimate of drug-likeness (QED) is 0.319. The topological polar surface area (TPSA) is 76.8 Å². The van der Waals surface area contributed by atoms with Crippen LogP contribution in [-0.2, 0) is 10.3 Å². The first-order valence-corrected chi connectivity index (χ1v) is 14.1. The van der Waals surface area contributed by atoms with Crippen LogP contribution in [0.25, 0.3) is 11.1 Å². The molecular weight excluding hydrogens is 490 g/mol. The monoisotopic (exact) mass is 531 g/mol. The van der Waals surface area contributed by atoms with Crippen molar-refractivity contribution < 1.29 is 19.4 Å². The molecule has 3 aromatic rings. The zero-order chi connectivity index (χ0) is 27.6. The summed E-state index contributed by atoms with van der Waals surface area (Å²) < 4.78 is 13.8. The Balaban J connectivity index is 1.23. The Hall–Kier alpha value is -3.48. The second-order valence-electron chi connectivity index (χ2n) is 12.1. The second-order valence-corrected chi connectivity index (χ2v) is 12.1. The molecule has 39 heavy (non-hydrogen) atoms. The number of aromatic nitrogens is 2. The van der Waals surface area contributed by atoms with Crippen LogP contribution in [-0.4, -0.2) is 47.7 Å². The maximum Gasteiger partial charge on any atom is 0.303 e. The Morgan fingerprint density at radius 3 is 2.49 bits per heavy atom. The van der Waals surface area contributed by atoms with Crippen LogP contribution in [0.15, 0.2) is 54.9 Å². The fourth-order valence-corrected chi connectivity index (χ4v) is 5.61. The van der Waals surface area contributed by atoms with Gasteiger partial charge in [-0.3, -0.25) is 9.48 Å². The molecule has 0 amide bonds. The second kappa shape index (κ2) is 11.3. The Morgan fingerprint density at radius 2 is 1.85 bits per heavy atom. The number of carboxylic acid groups (broad SMARTS) is 1. The standard InChI is InChI=1S/C32H41N3O4/c1-32(2,3)35-20-25(19-33-35)28-11-10-26(38-4)17-30(28)34-14-12-22(13-15-34)21-39-27-7-5-6-24(16-27)29(18-31(36)37)23-8-9-23/h5-7,10-11,16-17,19-20,22-23,29H,8-9,12-15,18,21H2,1-4H3,(H,36,37). The highest BCUT2D eigenvalue weighted by Crippen LogP contribution is 2.45. The number of carboxylic acids is 1. The summed E-state index contributed by atoms with van der Waals surface area (Å²) >= 11 is 0. The lowest BCUT2D eigenvalue weighted by molar-refractivity contribution is -0.137. The third-order valence-corrected chi connectivity index (χ3v) is 8.10. The average molecular weight is 532 g/mol. The Labute approximate surface area is 231 Å². The van der Waals surface area contributed by atoms with Crippen LogP contribution in [0.3, 0.4) is 0 Å². The molecule has 1 N–H and O–H groups in total. The number of piperidine rings is 1. The van der Waals surface area contributed by atoms with Crippen LogP contribution in [0, 0.1) is 11.8 Å². The van der Waals surface area contributed by atoms with E-state index in [1.54, 1.807) is 7.11 Å². The highest BCUT2D eigenvalue weighted by atomic mass is 16.5. The van der Waals surface area contributed by atoms with Crippen LogP contribution >= 0.6 is 0 Å². The molecule has 7 heteroatoms. The van der Waals surface area contributed by atoms with Crippen LogP contribution in [0.5, 0.6) is 11.5 Å². The molecule has 1 atom stereocenters. The smallest absolute Gasteiger partial charge is 0.303 e. The fourth-order valence-electron chi connectivity index (χ4n) is 5.61. The maximum absolute atomic E-state index is 11.4. The lowest BCUT2D eigenvalue weighted by atomic mass is 9.91. The lowest BCUT2D eigenvalue weighted by Gasteiger charge is -2.35. The molecule has 0 spiro atoms. The summed E-state index contributed by atoms with van der Waals surface area (Å²) in [4.78, 5) is 13.8. The number of methoxy groups -OCH3 is 1. The molecule has 2 aromatic carbocycles. The first-order chi connectivity index (χ1) is 18.7. The van der Waals surface area contributed by atoms with Crippen LogP contribution < -0.4 is 14.4 Å². The van der Waals surface area contributed by atoms with Crippen molar-refractivity contribution >= 4 is 11.7 Å². The van der Waals surface area contributed by atoms with Gasteiger partial charge in [0.05, 0.1) is 31.9 Å². The van der Waals surface area contributed by atoms with Crippen molar-refractivity contribution in [2.24, 2.45) is 11.8 Å². The Bertz CT molecular complexity index is 1280. The lowest BCUT2D eigenvalue weighted by Crippen LogP contribution is -2.35. The largest absolute Gasteiger partial charge is 0.497 e. The molecule has 1 aliphatic carbocycles. The molecule has 1 saturated heterocycles. The molecule has 0 radical (unpaired) electrons. The predicted octanol–water partition coefficient (Wildman–Crippen LogP) is 6.58. The summed E-state index contributed by atoms with van der Waals surface area (Å²) in [5.41, 5.74) is 4.48. The third kappa shape index (κ3) is 6.57. The summed E-state index contributed by atoms with van der Waals surface area (Å²) in [6.07, 6.45) is 8.60. The highest BCUT2D eigenvalue weighted by Gasteiger charge is 2.34. The molecule has 0 bridgehead atoms. The van der Waals surface area contributed by atoms with Crippen molar-refractivity contribution in [3.63, 3.8) is 0 Å². The van der Waals surface area contributed by atoms with E-state index in [1.165, 1.54) is 11.3 Å². The minimum atomic E-state index is -0.729. The first kappa shape index (κ1) is 27.1. The van der Waals surface area contributed by atoms with E-state index >= 15 is 0 Å². The van der Waals surface area contributed by atoms with Gasteiger partial charge in [0.1, 0.15) is 11.5 Å². The van der Waals surface area contributed by atoms with Crippen molar-refractivity contribution in [3.8, 4) is 22.6 Å². The van der Waals surface area contributed by atoms with Gasteiger partial charge in [-0.1, -0.05) is 12.1 Å². The summed E-state index contributed by atoms with van der Waals surface area (Å²) in [6, 6.07) is 14.4. The van der Waals surface area contributed by atoms with Gasteiger partial charge in [-0.2, -0.15) is 5.10 Å². The minimum Gasteiger partial charge on any atom is -0.497 e. The number of nitrogens with zero attached hydrogens (tertiary/aromatic N) is 3. The van der Waals surface area contributed by atoms with Crippen LogP contribution in [0.2, 0.25) is 0 Å². The molecule has 2 heterocycles. The number of aliphatic carboxylic acids is 1. The average Bonchev–Trinajstić information content (AvgIpc) is 3.64. The molecular formula is C32H41N3O4. The summed E-state index contributed by atoms with van der Waals surface area (Å²) in [5, 5.41) is 14.0. The van der Waals surface area contributed by atoms with Gasteiger partial charge >= 0.3 is 5.97 Å². The van der Waals surface area contributed by atoms with E-state index in [-0.39, 0.29) is 17.9 Å². The Kier molecular flexibility index (Phi) is 7.87. The van der Waals surface area contributed by atoms with Crippen LogP contribution in [0.1, 0.15) is 64.4 Å². The van der Waals surface area contributed by atoms with Crippen molar-refractivity contribution in [1.82, 2.24) is 9.78 Å². The number of carbonyl (C=O) groups is 1. The molecule has 1 aromatic heterocycles. The SMILES string of the molecule is COc1ccc(-c2cnn(C(C)(C)C)c2)c(N2CCC(COc3cccc(C(CC(=O)O)C4CC4)c3)CC2)c1. The molecule has 1 saturated carbocycles. The molecule has 2 fully saturated rings. The first-order valence-electron chi connectivity index (χ1n) is 14.1. The number of benzene rings is 2. The molecule has 208 valence electrons. The fraction of sp³-hybridized carbons (Fsp3) is 0.500. The van der Waals surface area contributed by atoms with E-state index < -0.39 is 5.97 Å². The van der Waals surface area contributed by atoms with Gasteiger partial charge in [0.25, 0.3) is 0 Å². The molecule has 7 nitrogen and oxygen atoms in total. The van der Waals surface area contributed by atoms with Gasteiger partial charge in [-0.05, 0) is 94.0 Å². The normalized spacial score (nSPS) is 17.2. The molecule has 1 aliphatic heterocycles. The van der Waals surface area contributed by atoms with E-state index in [0.29, 0.717) is 18.4 Å².